The highest BCUT2D eigenvalue weighted by molar-refractivity contribution is 5.81. The zero-order chi connectivity index (χ0) is 7.61. The summed E-state index contributed by atoms with van der Waals surface area (Å²) in [6.07, 6.45) is 5.19. The average Bonchev–Trinajstić information content (AvgIpc) is 1.89. The van der Waals surface area contributed by atoms with Crippen LogP contribution in [0.25, 0.3) is 0 Å². The summed E-state index contributed by atoms with van der Waals surface area (Å²) < 4.78 is 0. The minimum atomic E-state index is -0.432. The second-order valence-electron chi connectivity index (χ2n) is 3.21. The molecule has 0 aromatic carbocycles. The van der Waals surface area contributed by atoms with Crippen molar-refractivity contribution in [3.05, 3.63) is 6.92 Å². The number of hydrogen-bond donors (Lipinski definition) is 1. The second-order valence-corrected chi connectivity index (χ2v) is 3.21. The lowest BCUT2D eigenvalue weighted by Gasteiger charge is -2.29. The molecule has 0 unspecified atom stereocenters. The minimum absolute atomic E-state index is 0.229. The first-order valence-corrected chi connectivity index (χ1v) is 3.80. The van der Waals surface area contributed by atoms with E-state index in [0.717, 1.165) is 25.7 Å². The Bertz CT molecular complexity index is 136. The molecule has 1 radical (unpaired) electrons. The molecule has 0 atom stereocenters. The first kappa shape index (κ1) is 7.58. The van der Waals surface area contributed by atoms with E-state index < -0.39 is 5.41 Å². The van der Waals surface area contributed by atoms with Gasteiger partial charge in [0, 0.05) is 5.41 Å². The molecule has 1 fully saturated rings. The lowest BCUT2D eigenvalue weighted by molar-refractivity contribution is -0.126. The summed E-state index contributed by atoms with van der Waals surface area (Å²) in [6.45, 7) is 3.85. The molecule has 2 heteroatoms. The topological polar surface area (TPSA) is 43.1 Å². The van der Waals surface area contributed by atoms with Gasteiger partial charge in [0.1, 0.15) is 0 Å². The number of primary amides is 1. The van der Waals surface area contributed by atoms with Gasteiger partial charge in [0.2, 0.25) is 5.91 Å². The van der Waals surface area contributed by atoms with E-state index >= 15 is 0 Å². The molecule has 0 spiro atoms. The molecule has 57 valence electrons. The van der Waals surface area contributed by atoms with Crippen LogP contribution in [0.4, 0.5) is 0 Å². The summed E-state index contributed by atoms with van der Waals surface area (Å²) in [4.78, 5) is 10.8. The van der Waals surface area contributed by atoms with E-state index in [-0.39, 0.29) is 5.91 Å². The van der Waals surface area contributed by atoms with Crippen molar-refractivity contribution in [1.82, 2.24) is 0 Å². The van der Waals surface area contributed by atoms with Crippen LogP contribution in [-0.4, -0.2) is 5.91 Å². The number of amides is 1. The fourth-order valence-electron chi connectivity index (χ4n) is 1.47. The third-order valence-corrected chi connectivity index (χ3v) is 2.33. The van der Waals surface area contributed by atoms with E-state index in [1.165, 1.54) is 6.42 Å². The molecule has 0 aliphatic heterocycles. The first-order chi connectivity index (χ1) is 4.65. The van der Waals surface area contributed by atoms with E-state index in [2.05, 4.69) is 6.92 Å². The fraction of sp³-hybridized carbons (Fsp3) is 0.750. The third kappa shape index (κ3) is 1.31. The highest BCUT2D eigenvalue weighted by Crippen LogP contribution is 2.34. The smallest absolute Gasteiger partial charge is 0.223 e. The normalized spacial score (nSPS) is 24.1. The largest absolute Gasteiger partial charge is 0.369 e. The summed E-state index contributed by atoms with van der Waals surface area (Å²) in [6, 6.07) is 0. The van der Waals surface area contributed by atoms with Gasteiger partial charge in [-0.1, -0.05) is 19.3 Å². The zero-order valence-corrected chi connectivity index (χ0v) is 6.23. The highest BCUT2D eigenvalue weighted by Gasteiger charge is 2.32. The predicted octanol–water partition coefficient (Wildman–Crippen LogP) is 1.26. The molecule has 1 saturated carbocycles. The van der Waals surface area contributed by atoms with Gasteiger partial charge in [0.25, 0.3) is 0 Å². The molecule has 1 amide bonds. The van der Waals surface area contributed by atoms with Crippen LogP contribution in [0.15, 0.2) is 0 Å². The molecule has 1 rings (SSSR count). The lowest BCUT2D eigenvalue weighted by atomic mass is 9.75. The van der Waals surface area contributed by atoms with Crippen molar-refractivity contribution >= 4 is 5.91 Å². The van der Waals surface area contributed by atoms with Crippen LogP contribution in [0.1, 0.15) is 32.1 Å². The van der Waals surface area contributed by atoms with Crippen LogP contribution in [0, 0.1) is 12.3 Å². The molecule has 2 N–H and O–H groups in total. The third-order valence-electron chi connectivity index (χ3n) is 2.33. The Morgan fingerprint density at radius 1 is 1.30 bits per heavy atom. The minimum Gasteiger partial charge on any atom is -0.369 e. The number of rotatable bonds is 1. The number of carbonyl (C=O) groups is 1. The Hall–Kier alpha value is -0.530. The number of carbonyl (C=O) groups excluding carboxylic acids is 1. The molecular formula is C8H14NO. The Kier molecular flexibility index (Phi) is 1.97. The van der Waals surface area contributed by atoms with Crippen LogP contribution < -0.4 is 5.73 Å². The van der Waals surface area contributed by atoms with Gasteiger partial charge in [0.05, 0.1) is 0 Å². The van der Waals surface area contributed by atoms with Crippen molar-refractivity contribution in [3.63, 3.8) is 0 Å². The molecule has 0 saturated heterocycles. The highest BCUT2D eigenvalue weighted by atomic mass is 16.1. The molecule has 1 aliphatic carbocycles. The Morgan fingerprint density at radius 2 is 1.80 bits per heavy atom. The lowest BCUT2D eigenvalue weighted by Crippen LogP contribution is -2.36. The molecular weight excluding hydrogens is 126 g/mol. The molecule has 0 bridgehead atoms. The van der Waals surface area contributed by atoms with Crippen LogP contribution in [0.3, 0.4) is 0 Å². The number of nitrogens with two attached hydrogens (primary N) is 1. The number of hydrogen-bond acceptors (Lipinski definition) is 1. The van der Waals surface area contributed by atoms with Crippen LogP contribution in [0.5, 0.6) is 0 Å². The van der Waals surface area contributed by atoms with Crippen molar-refractivity contribution in [2.24, 2.45) is 11.1 Å². The fourth-order valence-corrected chi connectivity index (χ4v) is 1.47. The zero-order valence-electron chi connectivity index (χ0n) is 6.23. The maximum Gasteiger partial charge on any atom is 0.223 e. The van der Waals surface area contributed by atoms with E-state index in [0.29, 0.717) is 0 Å². The van der Waals surface area contributed by atoms with Gasteiger partial charge >= 0.3 is 0 Å². The molecule has 2 nitrogen and oxygen atoms in total. The monoisotopic (exact) mass is 140 g/mol. The van der Waals surface area contributed by atoms with E-state index in [9.17, 15) is 4.79 Å². The van der Waals surface area contributed by atoms with E-state index in [1.54, 1.807) is 0 Å². The maximum absolute atomic E-state index is 10.8. The van der Waals surface area contributed by atoms with Gasteiger partial charge in [-0.15, -0.1) is 0 Å². The Morgan fingerprint density at radius 3 is 2.10 bits per heavy atom. The predicted molar refractivity (Wildman–Crippen MR) is 40.1 cm³/mol. The van der Waals surface area contributed by atoms with Gasteiger partial charge in [-0.05, 0) is 19.8 Å². The Balaban J connectivity index is 2.56. The first-order valence-electron chi connectivity index (χ1n) is 3.80. The molecule has 1 aliphatic rings. The van der Waals surface area contributed by atoms with Crippen molar-refractivity contribution in [3.8, 4) is 0 Å². The second kappa shape index (κ2) is 2.60. The van der Waals surface area contributed by atoms with Gasteiger partial charge in [-0.3, -0.25) is 4.79 Å². The maximum atomic E-state index is 10.8. The summed E-state index contributed by atoms with van der Waals surface area (Å²) in [5.41, 5.74) is 4.77. The molecule has 0 aromatic rings. The van der Waals surface area contributed by atoms with Crippen LogP contribution in [-0.2, 0) is 4.79 Å². The summed E-state index contributed by atoms with van der Waals surface area (Å²) in [5.74, 6) is -0.229. The van der Waals surface area contributed by atoms with E-state index in [1.807, 2.05) is 0 Å². The van der Waals surface area contributed by atoms with Crippen molar-refractivity contribution < 1.29 is 4.79 Å². The van der Waals surface area contributed by atoms with Gasteiger partial charge < -0.3 is 5.73 Å². The molecule has 0 heterocycles. The van der Waals surface area contributed by atoms with E-state index in [4.69, 9.17) is 5.73 Å². The summed E-state index contributed by atoms with van der Waals surface area (Å²) in [7, 11) is 0. The van der Waals surface area contributed by atoms with Crippen molar-refractivity contribution in [2.75, 3.05) is 0 Å². The Labute approximate surface area is 61.8 Å². The van der Waals surface area contributed by atoms with Gasteiger partial charge in [0.15, 0.2) is 0 Å². The van der Waals surface area contributed by atoms with Gasteiger partial charge in [-0.25, -0.2) is 0 Å². The van der Waals surface area contributed by atoms with Gasteiger partial charge in [-0.2, -0.15) is 0 Å². The van der Waals surface area contributed by atoms with Crippen LogP contribution >= 0.6 is 0 Å². The summed E-state index contributed by atoms with van der Waals surface area (Å²) >= 11 is 0. The summed E-state index contributed by atoms with van der Waals surface area (Å²) in [5, 5.41) is 0. The average molecular weight is 140 g/mol. The van der Waals surface area contributed by atoms with Crippen molar-refractivity contribution in [2.45, 2.75) is 32.1 Å². The molecule has 10 heavy (non-hydrogen) atoms. The quantitative estimate of drug-likeness (QED) is 0.585. The van der Waals surface area contributed by atoms with Crippen molar-refractivity contribution in [1.29, 1.82) is 0 Å². The van der Waals surface area contributed by atoms with Crippen LogP contribution in [0.2, 0.25) is 0 Å². The SMILES string of the molecule is [CH2]C1(C(N)=O)CCCCC1. The standard InChI is InChI=1S/C8H14NO/c1-8(7(9)10)5-3-2-4-6-8/h1-6H2,(H2,9,10). The molecule has 0 aromatic heterocycles.